The number of alkyl halides is 1. The summed E-state index contributed by atoms with van der Waals surface area (Å²) in [4.78, 5) is 7.17. The first-order valence-electron chi connectivity index (χ1n) is 7.63. The molecule has 1 fully saturated rings. The van der Waals surface area contributed by atoms with Crippen molar-refractivity contribution in [2.75, 3.05) is 26.7 Å². The number of likely N-dealkylation sites (tertiary alicyclic amines) is 1. The van der Waals surface area contributed by atoms with E-state index in [2.05, 4.69) is 20.5 Å². The summed E-state index contributed by atoms with van der Waals surface area (Å²) in [7, 11) is 1.68. The van der Waals surface area contributed by atoms with Crippen LogP contribution in [-0.2, 0) is 12.4 Å². The van der Waals surface area contributed by atoms with Gasteiger partial charge in [-0.25, -0.2) is 4.98 Å². The summed E-state index contributed by atoms with van der Waals surface area (Å²) in [5.41, 5.74) is 2.10. The highest BCUT2D eigenvalue weighted by atomic mass is 35.5. The highest BCUT2D eigenvalue weighted by Crippen LogP contribution is 2.23. The molecule has 0 unspecified atom stereocenters. The van der Waals surface area contributed by atoms with Gasteiger partial charge in [0.15, 0.2) is 0 Å². The van der Waals surface area contributed by atoms with Gasteiger partial charge >= 0.3 is 0 Å². The molecule has 0 spiro atoms. The maximum absolute atomic E-state index is 6.07. The zero-order valence-corrected chi connectivity index (χ0v) is 13.3. The van der Waals surface area contributed by atoms with Gasteiger partial charge in [0, 0.05) is 19.2 Å². The second-order valence-electron chi connectivity index (χ2n) is 5.57. The normalized spacial score (nSPS) is 16.5. The summed E-state index contributed by atoms with van der Waals surface area (Å²) in [5.74, 6) is 2.22. The van der Waals surface area contributed by atoms with Gasteiger partial charge in [-0.1, -0.05) is 6.42 Å². The molecule has 0 radical (unpaired) electrons. The maximum atomic E-state index is 6.07. The molecule has 0 N–H and O–H groups in total. The second-order valence-corrected chi connectivity index (χ2v) is 5.84. The lowest BCUT2D eigenvalue weighted by Crippen LogP contribution is -2.32. The Hall–Kier alpha value is -1.26. The number of fused-ring (bicyclic) bond motifs is 1. The van der Waals surface area contributed by atoms with Crippen molar-refractivity contribution < 1.29 is 4.74 Å². The fourth-order valence-corrected chi connectivity index (χ4v) is 3.27. The minimum atomic E-state index is 0.441. The molecule has 1 aliphatic heterocycles. The first-order valence-corrected chi connectivity index (χ1v) is 8.17. The molecule has 0 bridgehead atoms. The summed E-state index contributed by atoms with van der Waals surface area (Å²) in [6.45, 7) is 4.46. The van der Waals surface area contributed by atoms with E-state index in [-0.39, 0.29) is 0 Å². The average molecular weight is 308 g/mol. The minimum Gasteiger partial charge on any atom is -0.497 e. The van der Waals surface area contributed by atoms with E-state index < -0.39 is 0 Å². The largest absolute Gasteiger partial charge is 0.497 e. The molecule has 3 rings (SSSR count). The Morgan fingerprint density at radius 2 is 2.00 bits per heavy atom. The van der Waals surface area contributed by atoms with E-state index in [0.717, 1.165) is 35.7 Å². The predicted molar refractivity (Wildman–Crippen MR) is 86.1 cm³/mol. The molecule has 0 amide bonds. The molecule has 5 heteroatoms. The Bertz CT molecular complexity index is 605. The number of hydrogen-bond acceptors (Lipinski definition) is 3. The number of ether oxygens (including phenoxy) is 1. The van der Waals surface area contributed by atoms with Gasteiger partial charge in [0.2, 0.25) is 0 Å². The Morgan fingerprint density at radius 3 is 2.71 bits per heavy atom. The SMILES string of the molecule is COc1ccc2c(c1)nc(CCl)n2CCN1CCCCC1. The molecule has 114 valence electrons. The fourth-order valence-electron chi connectivity index (χ4n) is 3.06. The van der Waals surface area contributed by atoms with Gasteiger partial charge < -0.3 is 14.2 Å². The monoisotopic (exact) mass is 307 g/mol. The number of imidazole rings is 1. The molecule has 0 saturated carbocycles. The van der Waals surface area contributed by atoms with Crippen LogP contribution in [0.2, 0.25) is 0 Å². The van der Waals surface area contributed by atoms with Crippen molar-refractivity contribution in [2.45, 2.75) is 31.7 Å². The van der Waals surface area contributed by atoms with Crippen LogP contribution in [0.15, 0.2) is 18.2 Å². The summed E-state index contributed by atoms with van der Waals surface area (Å²) in [6.07, 6.45) is 4.02. The van der Waals surface area contributed by atoms with E-state index in [1.807, 2.05) is 12.1 Å². The molecule has 4 nitrogen and oxygen atoms in total. The zero-order valence-electron chi connectivity index (χ0n) is 12.5. The summed E-state index contributed by atoms with van der Waals surface area (Å²) >= 11 is 6.07. The number of aromatic nitrogens is 2. The minimum absolute atomic E-state index is 0.441. The Balaban J connectivity index is 1.82. The summed E-state index contributed by atoms with van der Waals surface area (Å²) < 4.78 is 7.52. The van der Waals surface area contributed by atoms with Crippen LogP contribution in [0.25, 0.3) is 11.0 Å². The Labute approximate surface area is 130 Å². The lowest BCUT2D eigenvalue weighted by atomic mass is 10.1. The van der Waals surface area contributed by atoms with E-state index in [9.17, 15) is 0 Å². The van der Waals surface area contributed by atoms with Crippen LogP contribution >= 0.6 is 11.6 Å². The first-order chi connectivity index (χ1) is 10.3. The van der Waals surface area contributed by atoms with Crippen LogP contribution in [0.4, 0.5) is 0 Å². The van der Waals surface area contributed by atoms with Crippen LogP contribution < -0.4 is 4.74 Å². The number of rotatable bonds is 5. The quantitative estimate of drug-likeness (QED) is 0.794. The van der Waals surface area contributed by atoms with E-state index in [1.54, 1.807) is 7.11 Å². The van der Waals surface area contributed by atoms with Crippen LogP contribution in [0.1, 0.15) is 25.1 Å². The molecule has 2 aromatic rings. The van der Waals surface area contributed by atoms with Gasteiger partial charge in [0.25, 0.3) is 0 Å². The van der Waals surface area contributed by atoms with Gasteiger partial charge in [-0.15, -0.1) is 11.6 Å². The number of piperidine rings is 1. The van der Waals surface area contributed by atoms with Crippen molar-refractivity contribution in [3.8, 4) is 5.75 Å². The number of hydrogen-bond donors (Lipinski definition) is 0. The average Bonchev–Trinajstić information content (AvgIpc) is 2.90. The van der Waals surface area contributed by atoms with Crippen molar-refractivity contribution in [2.24, 2.45) is 0 Å². The Kier molecular flexibility index (Phi) is 4.66. The molecule has 0 atom stereocenters. The van der Waals surface area contributed by atoms with Crippen molar-refractivity contribution >= 4 is 22.6 Å². The number of nitrogens with zero attached hydrogens (tertiary/aromatic N) is 3. The predicted octanol–water partition coefficient (Wildman–Crippen LogP) is 3.27. The third kappa shape index (κ3) is 3.16. The number of halogens is 1. The molecule has 2 heterocycles. The first kappa shape index (κ1) is 14.7. The van der Waals surface area contributed by atoms with Crippen LogP contribution in [0.3, 0.4) is 0 Å². The molecule has 1 saturated heterocycles. The third-order valence-electron chi connectivity index (χ3n) is 4.24. The van der Waals surface area contributed by atoms with Crippen LogP contribution in [-0.4, -0.2) is 41.2 Å². The van der Waals surface area contributed by atoms with Crippen LogP contribution in [0, 0.1) is 0 Å². The third-order valence-corrected chi connectivity index (χ3v) is 4.48. The van der Waals surface area contributed by atoms with E-state index >= 15 is 0 Å². The van der Waals surface area contributed by atoms with Gasteiger partial charge in [-0.3, -0.25) is 0 Å². The van der Waals surface area contributed by atoms with Crippen molar-refractivity contribution in [3.63, 3.8) is 0 Å². The smallest absolute Gasteiger partial charge is 0.124 e. The Morgan fingerprint density at radius 1 is 1.19 bits per heavy atom. The van der Waals surface area contributed by atoms with E-state index in [0.29, 0.717) is 5.88 Å². The highest BCUT2D eigenvalue weighted by molar-refractivity contribution is 6.16. The molecular formula is C16H22ClN3O. The van der Waals surface area contributed by atoms with Gasteiger partial charge in [-0.2, -0.15) is 0 Å². The molecule has 1 aromatic heterocycles. The second kappa shape index (κ2) is 6.67. The molecule has 21 heavy (non-hydrogen) atoms. The molecule has 1 aliphatic rings. The van der Waals surface area contributed by atoms with Gasteiger partial charge in [0.1, 0.15) is 11.6 Å². The van der Waals surface area contributed by atoms with Crippen molar-refractivity contribution in [1.29, 1.82) is 0 Å². The molecular weight excluding hydrogens is 286 g/mol. The van der Waals surface area contributed by atoms with E-state index in [1.165, 1.54) is 32.4 Å². The lowest BCUT2D eigenvalue weighted by molar-refractivity contribution is 0.221. The number of benzene rings is 1. The van der Waals surface area contributed by atoms with Gasteiger partial charge in [-0.05, 0) is 38.1 Å². The topological polar surface area (TPSA) is 30.3 Å². The summed E-state index contributed by atoms with van der Waals surface area (Å²) in [6, 6.07) is 6.04. The van der Waals surface area contributed by atoms with Crippen molar-refractivity contribution in [1.82, 2.24) is 14.5 Å². The van der Waals surface area contributed by atoms with Crippen LogP contribution in [0.5, 0.6) is 5.75 Å². The highest BCUT2D eigenvalue weighted by Gasteiger charge is 2.14. The molecule has 1 aromatic carbocycles. The van der Waals surface area contributed by atoms with Gasteiger partial charge in [0.05, 0.1) is 24.0 Å². The standard InChI is InChI=1S/C16H22ClN3O/c1-21-13-5-6-15-14(11-13)18-16(12-17)20(15)10-9-19-7-3-2-4-8-19/h5-6,11H,2-4,7-10,12H2,1H3. The summed E-state index contributed by atoms with van der Waals surface area (Å²) in [5, 5.41) is 0. The zero-order chi connectivity index (χ0) is 14.7. The maximum Gasteiger partial charge on any atom is 0.124 e. The lowest BCUT2D eigenvalue weighted by Gasteiger charge is -2.26. The molecule has 0 aliphatic carbocycles. The fraction of sp³-hybridized carbons (Fsp3) is 0.562. The van der Waals surface area contributed by atoms with Crippen molar-refractivity contribution in [3.05, 3.63) is 24.0 Å². The number of methoxy groups -OCH3 is 1. The van der Waals surface area contributed by atoms with E-state index in [4.69, 9.17) is 16.3 Å².